The third-order valence-electron chi connectivity index (χ3n) is 4.31. The molecule has 0 bridgehead atoms. The summed E-state index contributed by atoms with van der Waals surface area (Å²) >= 11 is 0. The van der Waals surface area contributed by atoms with Crippen LogP contribution in [0.4, 0.5) is 5.82 Å². The molecule has 2 heterocycles. The first-order valence-electron chi connectivity index (χ1n) is 8.80. The zero-order chi connectivity index (χ0) is 17.9. The topological polar surface area (TPSA) is 42.5 Å². The van der Waals surface area contributed by atoms with Gasteiger partial charge in [0.25, 0.3) is 0 Å². The van der Waals surface area contributed by atoms with E-state index in [1.807, 2.05) is 60.1 Å². The summed E-state index contributed by atoms with van der Waals surface area (Å²) in [5.74, 6) is 0.689. The SMILES string of the molecule is CCc1cc(N=C(c2ccccc2)c2ccccc2)nn2cc(C)nc12. The third-order valence-corrected chi connectivity index (χ3v) is 4.31. The Hall–Kier alpha value is -3.27. The highest BCUT2D eigenvalue weighted by Crippen LogP contribution is 2.20. The number of nitrogens with zero attached hydrogens (tertiary/aromatic N) is 4. The van der Waals surface area contributed by atoms with Crippen LogP contribution < -0.4 is 0 Å². The Morgan fingerprint density at radius 2 is 1.58 bits per heavy atom. The van der Waals surface area contributed by atoms with E-state index >= 15 is 0 Å². The van der Waals surface area contributed by atoms with Gasteiger partial charge in [0.15, 0.2) is 11.5 Å². The molecule has 0 saturated heterocycles. The lowest BCUT2D eigenvalue weighted by molar-refractivity contribution is 0.913. The first kappa shape index (κ1) is 16.2. The number of aromatic nitrogens is 3. The predicted octanol–water partition coefficient (Wildman–Crippen LogP) is 4.77. The molecular weight excluding hydrogens is 320 g/mol. The van der Waals surface area contributed by atoms with E-state index in [9.17, 15) is 0 Å². The summed E-state index contributed by atoms with van der Waals surface area (Å²) in [6.45, 7) is 4.11. The minimum Gasteiger partial charge on any atom is -0.232 e. The highest BCUT2D eigenvalue weighted by atomic mass is 15.3. The lowest BCUT2D eigenvalue weighted by atomic mass is 10.0. The fourth-order valence-electron chi connectivity index (χ4n) is 3.06. The van der Waals surface area contributed by atoms with E-state index < -0.39 is 0 Å². The molecule has 128 valence electrons. The quantitative estimate of drug-likeness (QED) is 0.502. The largest absolute Gasteiger partial charge is 0.232 e. The average molecular weight is 340 g/mol. The minimum absolute atomic E-state index is 0.689. The van der Waals surface area contributed by atoms with Gasteiger partial charge in [-0.2, -0.15) is 0 Å². The molecule has 0 amide bonds. The molecule has 0 unspecified atom stereocenters. The molecule has 2 aromatic heterocycles. The smallest absolute Gasteiger partial charge is 0.173 e. The molecule has 0 aliphatic carbocycles. The second-order valence-corrected chi connectivity index (χ2v) is 6.22. The summed E-state index contributed by atoms with van der Waals surface area (Å²) < 4.78 is 1.83. The summed E-state index contributed by atoms with van der Waals surface area (Å²) in [4.78, 5) is 9.50. The van der Waals surface area contributed by atoms with E-state index in [1.54, 1.807) is 0 Å². The van der Waals surface area contributed by atoms with Crippen LogP contribution in [0, 0.1) is 6.92 Å². The Kier molecular flexibility index (Phi) is 4.32. The van der Waals surface area contributed by atoms with Crippen molar-refractivity contribution >= 4 is 17.2 Å². The molecule has 0 saturated carbocycles. The molecule has 0 N–H and O–H groups in total. The van der Waals surface area contributed by atoms with Crippen LogP contribution in [0.15, 0.2) is 77.9 Å². The van der Waals surface area contributed by atoms with Gasteiger partial charge in [-0.1, -0.05) is 67.6 Å². The number of aliphatic imine (C=N–C) groups is 1. The summed E-state index contributed by atoms with van der Waals surface area (Å²) in [6, 6.07) is 22.5. The van der Waals surface area contributed by atoms with Crippen molar-refractivity contribution in [2.75, 3.05) is 0 Å². The van der Waals surface area contributed by atoms with Crippen molar-refractivity contribution in [3.63, 3.8) is 0 Å². The van der Waals surface area contributed by atoms with Crippen LogP contribution >= 0.6 is 0 Å². The maximum absolute atomic E-state index is 4.92. The summed E-state index contributed by atoms with van der Waals surface area (Å²) in [6.07, 6.45) is 2.83. The second kappa shape index (κ2) is 6.92. The third kappa shape index (κ3) is 3.14. The molecule has 0 spiro atoms. The van der Waals surface area contributed by atoms with Crippen LogP contribution in [-0.2, 0) is 6.42 Å². The number of benzene rings is 2. The predicted molar refractivity (Wildman–Crippen MR) is 105 cm³/mol. The van der Waals surface area contributed by atoms with Crippen molar-refractivity contribution in [3.05, 3.63) is 95.3 Å². The Balaban J connectivity index is 1.91. The van der Waals surface area contributed by atoms with Crippen LogP contribution in [0.25, 0.3) is 5.65 Å². The van der Waals surface area contributed by atoms with Gasteiger partial charge in [0.1, 0.15) is 0 Å². The fourth-order valence-corrected chi connectivity index (χ4v) is 3.06. The van der Waals surface area contributed by atoms with Crippen molar-refractivity contribution in [1.29, 1.82) is 0 Å². The van der Waals surface area contributed by atoms with E-state index in [-0.39, 0.29) is 0 Å². The van der Waals surface area contributed by atoms with Crippen molar-refractivity contribution in [3.8, 4) is 0 Å². The molecule has 4 heteroatoms. The number of aryl methyl sites for hydroxylation is 2. The van der Waals surface area contributed by atoms with Gasteiger partial charge in [-0.15, -0.1) is 5.10 Å². The van der Waals surface area contributed by atoms with Crippen LogP contribution in [-0.4, -0.2) is 20.3 Å². The molecule has 0 radical (unpaired) electrons. The highest BCUT2D eigenvalue weighted by molar-refractivity contribution is 6.13. The number of hydrogen-bond acceptors (Lipinski definition) is 3. The maximum atomic E-state index is 4.92. The lowest BCUT2D eigenvalue weighted by Crippen LogP contribution is -2.04. The lowest BCUT2D eigenvalue weighted by Gasteiger charge is -2.08. The van der Waals surface area contributed by atoms with Gasteiger partial charge in [0.05, 0.1) is 17.6 Å². The van der Waals surface area contributed by atoms with E-state index in [0.717, 1.165) is 40.2 Å². The Morgan fingerprint density at radius 3 is 2.15 bits per heavy atom. The van der Waals surface area contributed by atoms with Crippen molar-refractivity contribution in [2.24, 2.45) is 4.99 Å². The first-order valence-corrected chi connectivity index (χ1v) is 8.80. The van der Waals surface area contributed by atoms with Crippen LogP contribution in [0.3, 0.4) is 0 Å². The number of imidazole rings is 1. The number of hydrogen-bond donors (Lipinski definition) is 0. The fraction of sp³-hybridized carbons (Fsp3) is 0.136. The monoisotopic (exact) mass is 340 g/mol. The van der Waals surface area contributed by atoms with Gasteiger partial charge in [-0.05, 0) is 19.4 Å². The van der Waals surface area contributed by atoms with Gasteiger partial charge in [0.2, 0.25) is 0 Å². The van der Waals surface area contributed by atoms with Crippen LogP contribution in [0.1, 0.15) is 29.3 Å². The Bertz CT molecular complexity index is 1020. The van der Waals surface area contributed by atoms with E-state index in [2.05, 4.69) is 41.3 Å². The molecule has 4 rings (SSSR count). The molecule has 0 aliphatic heterocycles. The second-order valence-electron chi connectivity index (χ2n) is 6.22. The van der Waals surface area contributed by atoms with E-state index in [1.165, 1.54) is 0 Å². The maximum Gasteiger partial charge on any atom is 0.173 e. The average Bonchev–Trinajstić information content (AvgIpc) is 3.07. The Labute approximate surface area is 152 Å². The van der Waals surface area contributed by atoms with Gasteiger partial charge in [-0.25, -0.2) is 14.5 Å². The summed E-state index contributed by atoms with van der Waals surface area (Å²) in [7, 11) is 0. The number of fused-ring (bicyclic) bond motifs is 1. The minimum atomic E-state index is 0.689. The molecule has 0 atom stereocenters. The Morgan fingerprint density at radius 1 is 0.962 bits per heavy atom. The molecule has 0 aliphatic rings. The molecule has 4 aromatic rings. The van der Waals surface area contributed by atoms with E-state index in [0.29, 0.717) is 5.82 Å². The molecule has 26 heavy (non-hydrogen) atoms. The van der Waals surface area contributed by atoms with E-state index in [4.69, 9.17) is 4.99 Å². The van der Waals surface area contributed by atoms with Gasteiger partial charge >= 0.3 is 0 Å². The van der Waals surface area contributed by atoms with Gasteiger partial charge in [-0.3, -0.25) is 0 Å². The van der Waals surface area contributed by atoms with Crippen molar-refractivity contribution in [1.82, 2.24) is 14.6 Å². The molecule has 2 aromatic carbocycles. The van der Waals surface area contributed by atoms with Gasteiger partial charge < -0.3 is 0 Å². The molecular formula is C22H20N4. The summed E-state index contributed by atoms with van der Waals surface area (Å²) in [5, 5.41) is 4.66. The van der Waals surface area contributed by atoms with Gasteiger partial charge in [0, 0.05) is 16.7 Å². The van der Waals surface area contributed by atoms with Crippen LogP contribution in [0.2, 0.25) is 0 Å². The molecule has 0 fully saturated rings. The number of rotatable bonds is 4. The first-order chi connectivity index (χ1) is 12.7. The van der Waals surface area contributed by atoms with Crippen LogP contribution in [0.5, 0.6) is 0 Å². The summed E-state index contributed by atoms with van der Waals surface area (Å²) in [5.41, 5.74) is 6.06. The zero-order valence-corrected chi connectivity index (χ0v) is 14.9. The van der Waals surface area contributed by atoms with Crippen molar-refractivity contribution in [2.45, 2.75) is 20.3 Å². The highest BCUT2D eigenvalue weighted by Gasteiger charge is 2.10. The standard InChI is InChI=1S/C22H20N4/c1-3-17-14-20(25-26-15-16(2)23-22(17)26)24-21(18-10-6-4-7-11-18)19-12-8-5-9-13-19/h4-15H,3H2,1-2H3. The zero-order valence-electron chi connectivity index (χ0n) is 14.9. The van der Waals surface area contributed by atoms with Crippen molar-refractivity contribution < 1.29 is 0 Å². The molecule has 4 nitrogen and oxygen atoms in total. The normalized spacial score (nSPS) is 10.8.